The number of hydrogen-bond donors (Lipinski definition) is 0. The summed E-state index contributed by atoms with van der Waals surface area (Å²) in [4.78, 5) is 0. The molecule has 14 heteroatoms. The maximum atomic E-state index is 14.9. The molecule has 4 aromatic rings. The van der Waals surface area contributed by atoms with Crippen molar-refractivity contribution in [2.75, 3.05) is 0 Å². The van der Waals surface area contributed by atoms with Crippen molar-refractivity contribution < 1.29 is 62.2 Å². The van der Waals surface area contributed by atoms with Crippen molar-refractivity contribution in [1.29, 1.82) is 0 Å². The predicted molar refractivity (Wildman–Crippen MR) is 142 cm³/mol. The van der Waals surface area contributed by atoms with E-state index in [1.54, 1.807) is 12.1 Å². The highest BCUT2D eigenvalue weighted by atomic mass is 19.4. The zero-order chi connectivity index (χ0) is 34.0. The van der Waals surface area contributed by atoms with Crippen LogP contribution in [0.5, 0.6) is 11.5 Å². The standard InChI is InChI=1S/C32H22F12O2/c1-2-3-4-5-17-6-8-18(9-7-17)19-10-11-22(23(33)12-19)31(41,42)45-20-15-26(36)29(27(37)16-20)32(43,44)46-21-13-24(34)28(25(35)14-21)30(38,39)40/h6-16H,2-5H2,1H3. The third-order valence-corrected chi connectivity index (χ3v) is 6.74. The molecule has 2 nitrogen and oxygen atoms in total. The molecule has 4 aromatic carbocycles. The van der Waals surface area contributed by atoms with E-state index in [2.05, 4.69) is 16.4 Å². The third-order valence-electron chi connectivity index (χ3n) is 6.74. The Balaban J connectivity index is 1.53. The summed E-state index contributed by atoms with van der Waals surface area (Å²) in [6, 6.07) is 8.77. The van der Waals surface area contributed by atoms with E-state index in [1.165, 1.54) is 0 Å². The zero-order valence-electron chi connectivity index (χ0n) is 23.5. The van der Waals surface area contributed by atoms with Crippen LogP contribution in [0.4, 0.5) is 52.7 Å². The molecule has 0 unspecified atom stereocenters. The van der Waals surface area contributed by atoms with E-state index in [0.29, 0.717) is 11.6 Å². The van der Waals surface area contributed by atoms with Gasteiger partial charge in [0.1, 0.15) is 51.7 Å². The Hall–Kier alpha value is -4.36. The molecule has 0 heterocycles. The van der Waals surface area contributed by atoms with Crippen molar-refractivity contribution in [3.8, 4) is 22.6 Å². The van der Waals surface area contributed by atoms with Crippen LogP contribution in [0, 0.1) is 29.1 Å². The molecule has 0 radical (unpaired) electrons. The van der Waals surface area contributed by atoms with E-state index in [1.807, 2.05) is 12.1 Å². The van der Waals surface area contributed by atoms with Gasteiger partial charge in [0.2, 0.25) is 0 Å². The van der Waals surface area contributed by atoms with Gasteiger partial charge in [-0.05, 0) is 41.7 Å². The van der Waals surface area contributed by atoms with E-state index in [9.17, 15) is 52.7 Å². The first-order valence-corrected chi connectivity index (χ1v) is 13.5. The molecular formula is C32H22F12O2. The maximum absolute atomic E-state index is 14.9. The highest BCUT2D eigenvalue weighted by Crippen LogP contribution is 2.41. The largest absolute Gasteiger partial charge is 0.432 e. The second-order valence-electron chi connectivity index (χ2n) is 10.1. The van der Waals surface area contributed by atoms with E-state index < -0.39 is 75.7 Å². The molecule has 246 valence electrons. The van der Waals surface area contributed by atoms with Gasteiger partial charge in [0.15, 0.2) is 0 Å². The van der Waals surface area contributed by atoms with Gasteiger partial charge in [-0.15, -0.1) is 0 Å². The number of ether oxygens (including phenoxy) is 2. The molecule has 46 heavy (non-hydrogen) atoms. The Morgan fingerprint density at radius 1 is 0.522 bits per heavy atom. The topological polar surface area (TPSA) is 18.5 Å². The second kappa shape index (κ2) is 13.2. The number of aryl methyl sites for hydroxylation is 1. The minimum atomic E-state index is -5.55. The number of hydrogen-bond acceptors (Lipinski definition) is 2. The Morgan fingerprint density at radius 3 is 1.48 bits per heavy atom. The van der Waals surface area contributed by atoms with E-state index in [-0.39, 0.29) is 29.8 Å². The zero-order valence-corrected chi connectivity index (χ0v) is 23.5. The molecule has 0 spiro atoms. The highest BCUT2D eigenvalue weighted by molar-refractivity contribution is 5.64. The Morgan fingerprint density at radius 2 is 1.00 bits per heavy atom. The Bertz CT molecular complexity index is 1650. The van der Waals surface area contributed by atoms with Crippen LogP contribution < -0.4 is 9.47 Å². The summed E-state index contributed by atoms with van der Waals surface area (Å²) in [6.45, 7) is 2.06. The first-order chi connectivity index (χ1) is 21.4. The van der Waals surface area contributed by atoms with Gasteiger partial charge in [-0.3, -0.25) is 0 Å². The number of unbranched alkanes of at least 4 members (excludes halogenated alkanes) is 2. The van der Waals surface area contributed by atoms with Crippen LogP contribution in [-0.4, -0.2) is 0 Å². The van der Waals surface area contributed by atoms with Crippen LogP contribution >= 0.6 is 0 Å². The SMILES string of the molecule is CCCCCc1ccc(-c2ccc(C(F)(F)Oc3cc(F)c(C(F)(F)Oc4cc(F)c(C(F)(F)F)c(F)c4)c(F)c3)c(F)c2)cc1. The molecule has 0 saturated carbocycles. The lowest BCUT2D eigenvalue weighted by Crippen LogP contribution is -2.27. The summed E-state index contributed by atoms with van der Waals surface area (Å²) < 4.78 is 177. The van der Waals surface area contributed by atoms with E-state index in [4.69, 9.17) is 0 Å². The van der Waals surface area contributed by atoms with Gasteiger partial charge in [-0.2, -0.15) is 30.7 Å². The number of benzene rings is 4. The quantitative estimate of drug-likeness (QED) is 0.117. The smallest absolute Gasteiger partial charge is 0.429 e. The summed E-state index contributed by atoms with van der Waals surface area (Å²) >= 11 is 0. The molecule has 4 rings (SSSR count). The van der Waals surface area contributed by atoms with Crippen LogP contribution in [0.15, 0.2) is 66.7 Å². The summed E-state index contributed by atoms with van der Waals surface area (Å²) in [5.41, 5.74) is -4.26. The third kappa shape index (κ3) is 7.71. The van der Waals surface area contributed by atoms with E-state index >= 15 is 0 Å². The van der Waals surface area contributed by atoms with Crippen LogP contribution in [0.3, 0.4) is 0 Å². The van der Waals surface area contributed by atoms with Gasteiger partial charge in [-0.25, -0.2) is 22.0 Å². The Kier molecular flexibility index (Phi) is 9.88. The van der Waals surface area contributed by atoms with Crippen molar-refractivity contribution in [3.05, 3.63) is 118 Å². The fraction of sp³-hybridized carbons (Fsp3) is 0.250. The lowest BCUT2D eigenvalue weighted by atomic mass is 10.00. The van der Waals surface area contributed by atoms with Gasteiger partial charge >= 0.3 is 18.4 Å². The lowest BCUT2D eigenvalue weighted by molar-refractivity contribution is -0.191. The van der Waals surface area contributed by atoms with Crippen molar-refractivity contribution in [3.63, 3.8) is 0 Å². The molecular weight excluding hydrogens is 644 g/mol. The van der Waals surface area contributed by atoms with Crippen LogP contribution in [0.25, 0.3) is 11.1 Å². The van der Waals surface area contributed by atoms with Gasteiger partial charge < -0.3 is 9.47 Å². The lowest BCUT2D eigenvalue weighted by Gasteiger charge is -2.22. The van der Waals surface area contributed by atoms with Crippen molar-refractivity contribution in [1.82, 2.24) is 0 Å². The number of halogens is 12. The average molecular weight is 667 g/mol. The average Bonchev–Trinajstić information content (AvgIpc) is 2.91. The van der Waals surface area contributed by atoms with Crippen molar-refractivity contribution in [2.24, 2.45) is 0 Å². The molecule has 0 bridgehead atoms. The number of rotatable bonds is 11. The van der Waals surface area contributed by atoms with E-state index in [0.717, 1.165) is 43.4 Å². The molecule has 0 N–H and O–H groups in total. The summed E-state index contributed by atoms with van der Waals surface area (Å²) in [5.74, 6) is -13.6. The summed E-state index contributed by atoms with van der Waals surface area (Å²) in [7, 11) is 0. The molecule has 0 fully saturated rings. The monoisotopic (exact) mass is 666 g/mol. The first-order valence-electron chi connectivity index (χ1n) is 13.5. The molecule has 0 aromatic heterocycles. The molecule has 0 saturated heterocycles. The molecule has 0 aliphatic heterocycles. The van der Waals surface area contributed by atoms with Gasteiger partial charge in [0.05, 0.1) is 5.56 Å². The van der Waals surface area contributed by atoms with Gasteiger partial charge in [-0.1, -0.05) is 50.1 Å². The van der Waals surface area contributed by atoms with Crippen molar-refractivity contribution >= 4 is 0 Å². The fourth-order valence-electron chi connectivity index (χ4n) is 4.54. The molecule has 0 aliphatic carbocycles. The predicted octanol–water partition coefficient (Wildman–Crippen LogP) is 11.1. The normalized spacial score (nSPS) is 12.4. The molecule has 0 atom stereocenters. The minimum Gasteiger partial charge on any atom is -0.429 e. The fourth-order valence-corrected chi connectivity index (χ4v) is 4.54. The highest BCUT2D eigenvalue weighted by Gasteiger charge is 2.44. The van der Waals surface area contributed by atoms with Crippen LogP contribution in [0.1, 0.15) is 48.4 Å². The summed E-state index contributed by atoms with van der Waals surface area (Å²) in [6.07, 6.45) is -11.3. The number of alkyl halides is 7. The van der Waals surface area contributed by atoms with Crippen LogP contribution in [0.2, 0.25) is 0 Å². The van der Waals surface area contributed by atoms with Gasteiger partial charge in [0, 0.05) is 24.3 Å². The van der Waals surface area contributed by atoms with Crippen molar-refractivity contribution in [2.45, 2.75) is 51.0 Å². The minimum absolute atomic E-state index is 0.119. The van der Waals surface area contributed by atoms with Crippen LogP contribution in [-0.2, 0) is 24.8 Å². The second-order valence-corrected chi connectivity index (χ2v) is 10.1. The summed E-state index contributed by atoms with van der Waals surface area (Å²) in [5, 5.41) is 0. The first kappa shape index (κ1) is 34.5. The Labute approximate surface area is 254 Å². The molecule has 0 amide bonds. The van der Waals surface area contributed by atoms with Gasteiger partial charge in [0.25, 0.3) is 0 Å². The maximum Gasteiger partial charge on any atom is 0.432 e. The molecule has 0 aliphatic rings.